The molecule has 1 fully saturated rings. The van der Waals surface area contributed by atoms with E-state index in [0.29, 0.717) is 0 Å². The van der Waals surface area contributed by atoms with Crippen LogP contribution in [-0.2, 0) is 0 Å². The summed E-state index contributed by atoms with van der Waals surface area (Å²) in [6.07, 6.45) is 2.66. The number of methoxy groups -OCH3 is 1. The van der Waals surface area contributed by atoms with E-state index < -0.39 is 0 Å². The third-order valence-electron chi connectivity index (χ3n) is 2.59. The van der Waals surface area contributed by atoms with Gasteiger partial charge in [0.2, 0.25) is 0 Å². The van der Waals surface area contributed by atoms with Crippen molar-refractivity contribution in [3.05, 3.63) is 27.7 Å². The lowest BCUT2D eigenvalue weighted by molar-refractivity contribution is 0.411. The van der Waals surface area contributed by atoms with Crippen LogP contribution in [0.25, 0.3) is 0 Å². The van der Waals surface area contributed by atoms with Crippen molar-refractivity contribution < 1.29 is 4.74 Å². The number of halogens is 1. The van der Waals surface area contributed by atoms with Gasteiger partial charge in [-0.15, -0.1) is 0 Å². The molecule has 1 aliphatic carbocycles. The normalized spacial score (nSPS) is 15.9. The van der Waals surface area contributed by atoms with Crippen LogP contribution in [-0.4, -0.2) is 7.11 Å². The van der Waals surface area contributed by atoms with Crippen LogP contribution >= 0.6 is 15.9 Å². The van der Waals surface area contributed by atoms with Crippen molar-refractivity contribution in [3.63, 3.8) is 0 Å². The largest absolute Gasteiger partial charge is 0.496 e. The van der Waals surface area contributed by atoms with Crippen molar-refractivity contribution in [1.82, 2.24) is 0 Å². The summed E-state index contributed by atoms with van der Waals surface area (Å²) in [7, 11) is 1.73. The Kier molecular flexibility index (Phi) is 2.33. The molecular formula is C11H13BrO. The van der Waals surface area contributed by atoms with E-state index in [1.54, 1.807) is 7.11 Å². The van der Waals surface area contributed by atoms with Crippen LogP contribution in [0, 0.1) is 6.92 Å². The topological polar surface area (TPSA) is 9.23 Å². The number of hydrogen-bond donors (Lipinski definition) is 0. The molecule has 1 aliphatic rings. The lowest BCUT2D eigenvalue weighted by Crippen LogP contribution is -1.90. The molecule has 0 unspecified atom stereocenters. The highest BCUT2D eigenvalue weighted by molar-refractivity contribution is 9.10. The standard InChI is InChI=1S/C11H13BrO/c1-7-10(12)5-9(8-3-4-8)6-11(7)13-2/h5-6,8H,3-4H2,1-2H3. The number of hydrogen-bond acceptors (Lipinski definition) is 1. The second kappa shape index (κ2) is 3.33. The second-order valence-electron chi connectivity index (χ2n) is 3.60. The van der Waals surface area contributed by atoms with E-state index in [9.17, 15) is 0 Å². The summed E-state index contributed by atoms with van der Waals surface area (Å²) >= 11 is 3.55. The maximum absolute atomic E-state index is 5.31. The number of benzene rings is 1. The molecule has 1 nitrogen and oxygen atoms in total. The molecule has 0 amide bonds. The zero-order valence-corrected chi connectivity index (χ0v) is 9.52. The van der Waals surface area contributed by atoms with Gasteiger partial charge in [0.1, 0.15) is 5.75 Å². The molecular weight excluding hydrogens is 228 g/mol. The van der Waals surface area contributed by atoms with Crippen LogP contribution < -0.4 is 4.74 Å². The summed E-state index contributed by atoms with van der Waals surface area (Å²) in [6, 6.07) is 4.38. The lowest BCUT2D eigenvalue weighted by atomic mass is 10.1. The van der Waals surface area contributed by atoms with Gasteiger partial charge in [-0.1, -0.05) is 15.9 Å². The van der Waals surface area contributed by atoms with Crippen molar-refractivity contribution in [2.75, 3.05) is 7.11 Å². The molecule has 0 N–H and O–H groups in total. The average molecular weight is 241 g/mol. The van der Waals surface area contributed by atoms with E-state index in [1.807, 2.05) is 0 Å². The molecule has 70 valence electrons. The van der Waals surface area contributed by atoms with Gasteiger partial charge in [-0.25, -0.2) is 0 Å². The summed E-state index contributed by atoms with van der Waals surface area (Å²) in [5, 5.41) is 0. The highest BCUT2D eigenvalue weighted by atomic mass is 79.9. The molecule has 0 atom stereocenters. The minimum Gasteiger partial charge on any atom is -0.496 e. The minimum atomic E-state index is 0.783. The SMILES string of the molecule is COc1cc(C2CC2)cc(Br)c1C. The van der Waals surface area contributed by atoms with E-state index in [-0.39, 0.29) is 0 Å². The Balaban J connectivity index is 2.43. The summed E-state index contributed by atoms with van der Waals surface area (Å²) < 4.78 is 6.48. The van der Waals surface area contributed by atoms with Crippen LogP contribution in [0.5, 0.6) is 5.75 Å². The molecule has 0 heterocycles. The van der Waals surface area contributed by atoms with Crippen LogP contribution in [0.4, 0.5) is 0 Å². The molecule has 1 aromatic rings. The summed E-state index contributed by atoms with van der Waals surface area (Å²) in [5.74, 6) is 1.78. The fourth-order valence-corrected chi connectivity index (χ4v) is 2.00. The highest BCUT2D eigenvalue weighted by Gasteiger charge is 2.24. The van der Waals surface area contributed by atoms with E-state index in [2.05, 4.69) is 35.0 Å². The Morgan fingerprint density at radius 1 is 1.38 bits per heavy atom. The van der Waals surface area contributed by atoms with Crippen molar-refractivity contribution in [3.8, 4) is 5.75 Å². The first-order chi connectivity index (χ1) is 6.22. The van der Waals surface area contributed by atoms with Crippen molar-refractivity contribution >= 4 is 15.9 Å². The summed E-state index contributed by atoms with van der Waals surface area (Å²) in [4.78, 5) is 0. The Morgan fingerprint density at radius 3 is 2.62 bits per heavy atom. The van der Waals surface area contributed by atoms with Crippen molar-refractivity contribution in [1.29, 1.82) is 0 Å². The summed E-state index contributed by atoms with van der Waals surface area (Å²) in [5.41, 5.74) is 2.60. The molecule has 0 bridgehead atoms. The van der Waals surface area contributed by atoms with E-state index in [4.69, 9.17) is 4.74 Å². The predicted octanol–water partition coefficient (Wildman–Crippen LogP) is 3.64. The van der Waals surface area contributed by atoms with Crippen molar-refractivity contribution in [2.24, 2.45) is 0 Å². The maximum atomic E-state index is 5.31. The zero-order valence-electron chi connectivity index (χ0n) is 7.93. The molecule has 1 aromatic carbocycles. The molecule has 1 saturated carbocycles. The first-order valence-corrected chi connectivity index (χ1v) is 5.35. The molecule has 2 heteroatoms. The van der Waals surface area contributed by atoms with Gasteiger partial charge in [0, 0.05) is 10.0 Å². The van der Waals surface area contributed by atoms with Gasteiger partial charge in [-0.2, -0.15) is 0 Å². The lowest BCUT2D eigenvalue weighted by Gasteiger charge is -2.09. The molecule has 0 aromatic heterocycles. The minimum absolute atomic E-state index is 0.783. The number of rotatable bonds is 2. The van der Waals surface area contributed by atoms with Crippen molar-refractivity contribution in [2.45, 2.75) is 25.7 Å². The Morgan fingerprint density at radius 2 is 2.08 bits per heavy atom. The van der Waals surface area contributed by atoms with Crippen LogP contribution in [0.1, 0.15) is 29.9 Å². The average Bonchev–Trinajstić information content (AvgIpc) is 2.92. The predicted molar refractivity (Wildman–Crippen MR) is 57.4 cm³/mol. The fourth-order valence-electron chi connectivity index (χ4n) is 1.54. The molecule has 0 spiro atoms. The van der Waals surface area contributed by atoms with Gasteiger partial charge in [0.25, 0.3) is 0 Å². The molecule has 0 radical (unpaired) electrons. The van der Waals surface area contributed by atoms with Crippen LogP contribution in [0.3, 0.4) is 0 Å². The van der Waals surface area contributed by atoms with Gasteiger partial charge in [-0.05, 0) is 43.4 Å². The molecule has 13 heavy (non-hydrogen) atoms. The third-order valence-corrected chi connectivity index (χ3v) is 3.41. The Hall–Kier alpha value is -0.500. The fraction of sp³-hybridized carbons (Fsp3) is 0.455. The first kappa shape index (κ1) is 9.07. The van der Waals surface area contributed by atoms with Gasteiger partial charge in [0.15, 0.2) is 0 Å². The highest BCUT2D eigenvalue weighted by Crippen LogP contribution is 2.43. The van der Waals surface area contributed by atoms with Crippen LogP contribution in [0.15, 0.2) is 16.6 Å². The Bertz CT molecular complexity index is 329. The molecule has 2 rings (SSSR count). The maximum Gasteiger partial charge on any atom is 0.123 e. The van der Waals surface area contributed by atoms with E-state index >= 15 is 0 Å². The van der Waals surface area contributed by atoms with Gasteiger partial charge in [-0.3, -0.25) is 0 Å². The zero-order chi connectivity index (χ0) is 9.42. The van der Waals surface area contributed by atoms with Gasteiger partial charge >= 0.3 is 0 Å². The van der Waals surface area contributed by atoms with Gasteiger partial charge in [0.05, 0.1) is 7.11 Å². The quantitative estimate of drug-likeness (QED) is 0.767. The number of ether oxygens (including phenoxy) is 1. The Labute approximate surface area is 87.2 Å². The van der Waals surface area contributed by atoms with Gasteiger partial charge < -0.3 is 4.74 Å². The molecule has 0 aliphatic heterocycles. The van der Waals surface area contributed by atoms with E-state index in [1.165, 1.54) is 24.0 Å². The molecule has 0 saturated heterocycles. The third kappa shape index (κ3) is 1.73. The summed E-state index contributed by atoms with van der Waals surface area (Å²) in [6.45, 7) is 2.07. The first-order valence-electron chi connectivity index (χ1n) is 4.56. The van der Waals surface area contributed by atoms with E-state index in [0.717, 1.165) is 16.1 Å². The van der Waals surface area contributed by atoms with Crippen LogP contribution in [0.2, 0.25) is 0 Å². The second-order valence-corrected chi connectivity index (χ2v) is 4.46. The monoisotopic (exact) mass is 240 g/mol. The smallest absolute Gasteiger partial charge is 0.123 e.